The van der Waals surface area contributed by atoms with Crippen LogP contribution >= 0.6 is 0 Å². The normalized spacial score (nSPS) is 9.76. The SMILES string of the molecule is CCOC(=O)CN(C)c1cccc([N+](=O)[O-])c1. The summed E-state index contributed by atoms with van der Waals surface area (Å²) in [7, 11) is 1.68. The Labute approximate surface area is 98.9 Å². The summed E-state index contributed by atoms with van der Waals surface area (Å²) in [6.07, 6.45) is 0. The summed E-state index contributed by atoms with van der Waals surface area (Å²) in [6.45, 7) is 2.11. The third kappa shape index (κ3) is 3.75. The highest BCUT2D eigenvalue weighted by molar-refractivity contribution is 5.75. The van der Waals surface area contributed by atoms with E-state index < -0.39 is 4.92 Å². The second-order valence-corrected chi connectivity index (χ2v) is 3.44. The number of non-ortho nitro benzene ring substituents is 1. The van der Waals surface area contributed by atoms with Gasteiger partial charge in [-0.2, -0.15) is 0 Å². The number of nitro groups is 1. The van der Waals surface area contributed by atoms with Crippen LogP contribution in [-0.4, -0.2) is 31.1 Å². The highest BCUT2D eigenvalue weighted by atomic mass is 16.6. The molecule has 1 aromatic carbocycles. The van der Waals surface area contributed by atoms with E-state index in [0.29, 0.717) is 12.3 Å². The molecule has 0 fully saturated rings. The van der Waals surface area contributed by atoms with Gasteiger partial charge in [-0.3, -0.25) is 14.9 Å². The fraction of sp³-hybridized carbons (Fsp3) is 0.364. The van der Waals surface area contributed by atoms with Gasteiger partial charge < -0.3 is 9.64 Å². The highest BCUT2D eigenvalue weighted by Gasteiger charge is 2.11. The lowest BCUT2D eigenvalue weighted by molar-refractivity contribution is -0.384. The summed E-state index contributed by atoms with van der Waals surface area (Å²) in [6, 6.07) is 6.10. The van der Waals surface area contributed by atoms with Crippen molar-refractivity contribution in [3.63, 3.8) is 0 Å². The number of anilines is 1. The van der Waals surface area contributed by atoms with Gasteiger partial charge in [0.1, 0.15) is 6.54 Å². The van der Waals surface area contributed by atoms with Crippen molar-refractivity contribution in [2.75, 3.05) is 25.1 Å². The van der Waals surface area contributed by atoms with Crippen LogP contribution < -0.4 is 4.90 Å². The smallest absolute Gasteiger partial charge is 0.325 e. The van der Waals surface area contributed by atoms with Crippen molar-refractivity contribution in [2.45, 2.75) is 6.92 Å². The van der Waals surface area contributed by atoms with Gasteiger partial charge >= 0.3 is 5.97 Å². The third-order valence-corrected chi connectivity index (χ3v) is 2.15. The van der Waals surface area contributed by atoms with E-state index in [1.165, 1.54) is 12.1 Å². The molecule has 0 spiro atoms. The molecule has 1 aromatic rings. The summed E-state index contributed by atoms with van der Waals surface area (Å²) in [5.41, 5.74) is 0.602. The van der Waals surface area contributed by atoms with Gasteiger partial charge in [-0.1, -0.05) is 6.07 Å². The number of carbonyl (C=O) groups is 1. The number of ether oxygens (including phenoxy) is 1. The van der Waals surface area contributed by atoms with E-state index in [-0.39, 0.29) is 18.2 Å². The van der Waals surface area contributed by atoms with Crippen LogP contribution in [-0.2, 0) is 9.53 Å². The monoisotopic (exact) mass is 238 g/mol. The van der Waals surface area contributed by atoms with Gasteiger partial charge in [0.05, 0.1) is 11.5 Å². The zero-order chi connectivity index (χ0) is 12.8. The molecule has 0 atom stereocenters. The van der Waals surface area contributed by atoms with Crippen LogP contribution in [0.5, 0.6) is 0 Å². The Morgan fingerprint density at radius 3 is 2.82 bits per heavy atom. The molecule has 0 aliphatic heterocycles. The Balaban J connectivity index is 2.75. The van der Waals surface area contributed by atoms with Crippen molar-refractivity contribution in [1.82, 2.24) is 0 Å². The first-order valence-corrected chi connectivity index (χ1v) is 5.15. The number of hydrogen-bond donors (Lipinski definition) is 0. The average molecular weight is 238 g/mol. The fourth-order valence-electron chi connectivity index (χ4n) is 1.34. The minimum Gasteiger partial charge on any atom is -0.465 e. The summed E-state index contributed by atoms with van der Waals surface area (Å²) >= 11 is 0. The van der Waals surface area contributed by atoms with E-state index in [2.05, 4.69) is 0 Å². The lowest BCUT2D eigenvalue weighted by atomic mass is 10.2. The second kappa shape index (κ2) is 5.83. The van der Waals surface area contributed by atoms with Crippen molar-refractivity contribution in [2.24, 2.45) is 0 Å². The molecule has 1 rings (SSSR count). The minimum absolute atomic E-state index is 0.00166. The van der Waals surface area contributed by atoms with Crippen molar-refractivity contribution in [3.05, 3.63) is 34.4 Å². The minimum atomic E-state index is -0.471. The number of likely N-dealkylation sites (N-methyl/N-ethyl adjacent to an activating group) is 1. The van der Waals surface area contributed by atoms with E-state index >= 15 is 0 Å². The van der Waals surface area contributed by atoms with E-state index in [0.717, 1.165) is 0 Å². The van der Waals surface area contributed by atoms with Gasteiger partial charge in [0.15, 0.2) is 0 Å². The molecule has 0 aliphatic rings. The standard InChI is InChI=1S/C11H14N2O4/c1-3-17-11(14)8-12(2)9-5-4-6-10(7-9)13(15)16/h4-7H,3,8H2,1-2H3. The van der Waals surface area contributed by atoms with Gasteiger partial charge in [-0.05, 0) is 13.0 Å². The molecule has 0 saturated heterocycles. The molecule has 0 bridgehead atoms. The first-order valence-electron chi connectivity index (χ1n) is 5.15. The summed E-state index contributed by atoms with van der Waals surface area (Å²) in [5.74, 6) is -0.360. The van der Waals surface area contributed by atoms with Crippen LogP contribution in [0.3, 0.4) is 0 Å². The molecule has 0 N–H and O–H groups in total. The largest absolute Gasteiger partial charge is 0.465 e. The van der Waals surface area contributed by atoms with Crippen LogP contribution in [0.2, 0.25) is 0 Å². The van der Waals surface area contributed by atoms with E-state index in [1.54, 1.807) is 31.0 Å². The Morgan fingerprint density at radius 2 is 2.24 bits per heavy atom. The zero-order valence-corrected chi connectivity index (χ0v) is 9.75. The number of benzene rings is 1. The molecule has 0 amide bonds. The van der Waals surface area contributed by atoms with Crippen molar-refractivity contribution < 1.29 is 14.5 Å². The van der Waals surface area contributed by atoms with Crippen LogP contribution in [0.15, 0.2) is 24.3 Å². The number of esters is 1. The molecule has 0 saturated carbocycles. The number of hydrogen-bond acceptors (Lipinski definition) is 5. The van der Waals surface area contributed by atoms with Crippen molar-refractivity contribution in [3.8, 4) is 0 Å². The topological polar surface area (TPSA) is 72.7 Å². The van der Waals surface area contributed by atoms with Crippen molar-refractivity contribution in [1.29, 1.82) is 0 Å². The van der Waals surface area contributed by atoms with Crippen LogP contribution in [0, 0.1) is 10.1 Å². The Bertz CT molecular complexity index is 420. The van der Waals surface area contributed by atoms with Gasteiger partial charge in [0, 0.05) is 24.9 Å². The summed E-state index contributed by atoms with van der Waals surface area (Å²) < 4.78 is 4.80. The molecular weight excluding hydrogens is 224 g/mol. The molecular formula is C11H14N2O4. The maximum absolute atomic E-state index is 11.2. The molecule has 0 unspecified atom stereocenters. The van der Waals surface area contributed by atoms with Crippen LogP contribution in [0.25, 0.3) is 0 Å². The predicted molar refractivity (Wildman–Crippen MR) is 63.0 cm³/mol. The van der Waals surface area contributed by atoms with Crippen molar-refractivity contribution >= 4 is 17.3 Å². The molecule has 0 aromatic heterocycles. The molecule has 92 valence electrons. The Hall–Kier alpha value is -2.11. The van der Waals surface area contributed by atoms with E-state index in [1.807, 2.05) is 0 Å². The van der Waals surface area contributed by atoms with Gasteiger partial charge in [0.25, 0.3) is 5.69 Å². The zero-order valence-electron chi connectivity index (χ0n) is 9.75. The highest BCUT2D eigenvalue weighted by Crippen LogP contribution is 2.19. The molecule has 0 radical (unpaired) electrons. The van der Waals surface area contributed by atoms with Gasteiger partial charge in [-0.25, -0.2) is 0 Å². The molecule has 6 heteroatoms. The Morgan fingerprint density at radius 1 is 1.53 bits per heavy atom. The number of nitrogens with zero attached hydrogens (tertiary/aromatic N) is 2. The van der Waals surface area contributed by atoms with E-state index in [9.17, 15) is 14.9 Å². The van der Waals surface area contributed by atoms with Gasteiger partial charge in [-0.15, -0.1) is 0 Å². The molecule has 6 nitrogen and oxygen atoms in total. The quantitative estimate of drug-likeness (QED) is 0.442. The third-order valence-electron chi connectivity index (χ3n) is 2.15. The first kappa shape index (κ1) is 13.0. The fourth-order valence-corrected chi connectivity index (χ4v) is 1.34. The molecule has 0 aliphatic carbocycles. The van der Waals surface area contributed by atoms with Gasteiger partial charge in [0.2, 0.25) is 0 Å². The first-order chi connectivity index (χ1) is 8.04. The van der Waals surface area contributed by atoms with Crippen LogP contribution in [0.4, 0.5) is 11.4 Å². The summed E-state index contributed by atoms with van der Waals surface area (Å²) in [4.78, 5) is 23.0. The summed E-state index contributed by atoms with van der Waals surface area (Å²) in [5, 5.41) is 10.6. The van der Waals surface area contributed by atoms with E-state index in [4.69, 9.17) is 4.74 Å². The molecule has 17 heavy (non-hydrogen) atoms. The second-order valence-electron chi connectivity index (χ2n) is 3.44. The lowest BCUT2D eigenvalue weighted by Crippen LogP contribution is -2.27. The molecule has 0 heterocycles. The van der Waals surface area contributed by atoms with Crippen LogP contribution in [0.1, 0.15) is 6.92 Å². The Kier molecular flexibility index (Phi) is 4.45. The number of carbonyl (C=O) groups excluding carboxylic acids is 1. The average Bonchev–Trinajstić information content (AvgIpc) is 2.29. The maximum Gasteiger partial charge on any atom is 0.325 e. The maximum atomic E-state index is 11.2. The predicted octanol–water partition coefficient (Wildman–Crippen LogP) is 1.59. The lowest BCUT2D eigenvalue weighted by Gasteiger charge is -2.17. The number of nitro benzene ring substituents is 1. The number of rotatable bonds is 5.